The first-order valence-corrected chi connectivity index (χ1v) is 11.8. The number of carbonyl (C=O) groups is 1. The molecule has 1 aliphatic rings. The maximum atomic E-state index is 13.3. The third-order valence-electron chi connectivity index (χ3n) is 5.36. The summed E-state index contributed by atoms with van der Waals surface area (Å²) < 4.78 is 29.3. The summed E-state index contributed by atoms with van der Waals surface area (Å²) in [7, 11) is -2.29. The predicted octanol–water partition coefficient (Wildman–Crippen LogP) is 2.42. The highest BCUT2D eigenvalue weighted by atomic mass is 35.5. The van der Waals surface area contributed by atoms with Gasteiger partial charge in [0.15, 0.2) is 0 Å². The number of aromatic nitrogens is 2. The summed E-state index contributed by atoms with van der Waals surface area (Å²) in [6.45, 7) is 7.50. The van der Waals surface area contributed by atoms with Crippen molar-refractivity contribution in [2.75, 3.05) is 31.1 Å². The van der Waals surface area contributed by atoms with E-state index in [1.807, 2.05) is 39.0 Å². The van der Waals surface area contributed by atoms with Gasteiger partial charge in [0, 0.05) is 56.2 Å². The topological polar surface area (TPSA) is 87.5 Å². The zero-order valence-corrected chi connectivity index (χ0v) is 19.3. The molecule has 30 heavy (non-hydrogen) atoms. The molecule has 2 aromatic rings. The van der Waals surface area contributed by atoms with E-state index in [0.717, 1.165) is 17.7 Å². The van der Waals surface area contributed by atoms with Crippen molar-refractivity contribution in [3.63, 3.8) is 0 Å². The number of carbonyl (C=O) groups excluding carboxylic acids is 1. The summed E-state index contributed by atoms with van der Waals surface area (Å²) in [6, 6.07) is 5.64. The zero-order valence-electron chi connectivity index (χ0n) is 17.7. The average molecular weight is 454 g/mol. The number of piperazine rings is 1. The standard InChI is InChI=1S/C20H28ClN5O3S/c1-5-15(3)22-19(27)17-13-24(4)23-20(17)30(28,29)26-10-8-25(9-11-26)18-12-16(21)7-6-14(18)2/h6-7,12-13,15H,5,8-11H2,1-4H3,(H,22,27)/t15-/m0/s1. The molecule has 1 aromatic heterocycles. The summed E-state index contributed by atoms with van der Waals surface area (Å²) >= 11 is 6.13. The maximum absolute atomic E-state index is 13.3. The quantitative estimate of drug-likeness (QED) is 0.725. The van der Waals surface area contributed by atoms with E-state index >= 15 is 0 Å². The van der Waals surface area contributed by atoms with Crippen LogP contribution in [0.4, 0.5) is 5.69 Å². The Balaban J connectivity index is 1.79. The van der Waals surface area contributed by atoms with Crippen LogP contribution in [0.25, 0.3) is 0 Å². The third-order valence-corrected chi connectivity index (χ3v) is 7.43. The smallest absolute Gasteiger partial charge is 0.263 e. The van der Waals surface area contributed by atoms with Gasteiger partial charge in [-0.1, -0.05) is 24.6 Å². The molecule has 1 amide bonds. The van der Waals surface area contributed by atoms with E-state index in [1.165, 1.54) is 15.2 Å². The molecule has 3 rings (SSSR count). The molecule has 164 valence electrons. The number of nitrogens with one attached hydrogen (secondary N) is 1. The Labute approximate surface area is 182 Å². The maximum Gasteiger partial charge on any atom is 0.263 e. The lowest BCUT2D eigenvalue weighted by Gasteiger charge is -2.36. The van der Waals surface area contributed by atoms with Crippen LogP contribution in [0.2, 0.25) is 5.02 Å². The van der Waals surface area contributed by atoms with Gasteiger partial charge in [-0.3, -0.25) is 9.48 Å². The summed E-state index contributed by atoms with van der Waals surface area (Å²) in [5.74, 6) is -0.427. The van der Waals surface area contributed by atoms with Crippen LogP contribution in [-0.2, 0) is 17.1 Å². The molecule has 0 aliphatic carbocycles. The average Bonchev–Trinajstić information content (AvgIpc) is 3.12. The number of amides is 1. The second kappa shape index (κ2) is 8.95. The van der Waals surface area contributed by atoms with E-state index in [9.17, 15) is 13.2 Å². The second-order valence-corrected chi connectivity index (χ2v) is 9.92. The fraction of sp³-hybridized carbons (Fsp3) is 0.500. The number of hydrogen-bond acceptors (Lipinski definition) is 5. The van der Waals surface area contributed by atoms with Crippen LogP contribution in [0.5, 0.6) is 0 Å². The predicted molar refractivity (Wildman–Crippen MR) is 118 cm³/mol. The first-order chi connectivity index (χ1) is 14.1. The van der Waals surface area contributed by atoms with Crippen LogP contribution in [0.3, 0.4) is 0 Å². The SMILES string of the molecule is CC[C@H](C)NC(=O)c1cn(C)nc1S(=O)(=O)N1CCN(c2cc(Cl)ccc2C)CC1. The van der Waals surface area contributed by atoms with Gasteiger partial charge in [0.25, 0.3) is 15.9 Å². The number of sulfonamides is 1. The molecule has 1 aromatic carbocycles. The number of halogens is 1. The van der Waals surface area contributed by atoms with Crippen molar-refractivity contribution in [2.45, 2.75) is 38.3 Å². The number of nitrogens with zero attached hydrogens (tertiary/aromatic N) is 4. The zero-order chi connectivity index (χ0) is 22.1. The minimum absolute atomic E-state index is 0.0576. The van der Waals surface area contributed by atoms with E-state index in [4.69, 9.17) is 11.6 Å². The Morgan fingerprint density at radius 1 is 1.27 bits per heavy atom. The van der Waals surface area contributed by atoms with E-state index in [0.29, 0.717) is 31.2 Å². The Morgan fingerprint density at radius 3 is 2.57 bits per heavy atom. The number of hydrogen-bond donors (Lipinski definition) is 1. The molecule has 1 fully saturated rings. The number of rotatable bonds is 6. The van der Waals surface area contributed by atoms with Crippen molar-refractivity contribution < 1.29 is 13.2 Å². The summed E-state index contributed by atoms with van der Waals surface area (Å²) in [5, 5.41) is 7.38. The number of benzene rings is 1. The lowest BCUT2D eigenvalue weighted by Crippen LogP contribution is -2.49. The van der Waals surface area contributed by atoms with Gasteiger partial charge in [-0.25, -0.2) is 8.42 Å². The van der Waals surface area contributed by atoms with Crippen molar-refractivity contribution in [1.29, 1.82) is 0 Å². The first kappa shape index (κ1) is 22.6. The highest BCUT2D eigenvalue weighted by Crippen LogP contribution is 2.27. The highest BCUT2D eigenvalue weighted by molar-refractivity contribution is 7.89. The minimum Gasteiger partial charge on any atom is -0.369 e. The largest absolute Gasteiger partial charge is 0.369 e. The van der Waals surface area contributed by atoms with E-state index in [-0.39, 0.29) is 16.6 Å². The minimum atomic E-state index is -3.90. The van der Waals surface area contributed by atoms with Crippen LogP contribution in [0, 0.1) is 6.92 Å². The summed E-state index contributed by atoms with van der Waals surface area (Å²) in [5.41, 5.74) is 2.17. The first-order valence-electron chi connectivity index (χ1n) is 9.99. The van der Waals surface area contributed by atoms with Gasteiger partial charge in [0.05, 0.1) is 5.56 Å². The molecule has 0 saturated carbocycles. The molecule has 0 unspecified atom stereocenters. The van der Waals surface area contributed by atoms with Crippen LogP contribution in [-0.4, -0.2) is 60.6 Å². The lowest BCUT2D eigenvalue weighted by atomic mass is 10.1. The summed E-state index contributed by atoms with van der Waals surface area (Å²) in [6.07, 6.45) is 2.20. The van der Waals surface area contributed by atoms with Crippen molar-refractivity contribution in [3.05, 3.63) is 40.5 Å². The van der Waals surface area contributed by atoms with Crippen molar-refractivity contribution in [1.82, 2.24) is 19.4 Å². The molecule has 1 N–H and O–H groups in total. The van der Waals surface area contributed by atoms with Crippen molar-refractivity contribution in [2.24, 2.45) is 7.05 Å². The second-order valence-electron chi connectivity index (χ2n) is 7.63. The Bertz CT molecular complexity index is 1030. The Hall–Kier alpha value is -2.10. The van der Waals surface area contributed by atoms with Crippen molar-refractivity contribution in [3.8, 4) is 0 Å². The molecule has 0 radical (unpaired) electrons. The van der Waals surface area contributed by atoms with Gasteiger partial charge in [0.2, 0.25) is 5.03 Å². The van der Waals surface area contributed by atoms with E-state index < -0.39 is 15.9 Å². The normalized spacial score (nSPS) is 16.5. The number of anilines is 1. The molecule has 1 saturated heterocycles. The molecular weight excluding hydrogens is 426 g/mol. The highest BCUT2D eigenvalue weighted by Gasteiger charge is 2.35. The molecule has 2 heterocycles. The molecule has 0 bridgehead atoms. The van der Waals surface area contributed by atoms with Crippen LogP contribution < -0.4 is 10.2 Å². The lowest BCUT2D eigenvalue weighted by molar-refractivity contribution is 0.0935. The monoisotopic (exact) mass is 453 g/mol. The van der Waals surface area contributed by atoms with Crippen molar-refractivity contribution >= 4 is 33.2 Å². The molecule has 0 spiro atoms. The van der Waals surface area contributed by atoms with Gasteiger partial charge in [-0.05, 0) is 38.0 Å². The molecular formula is C20H28ClN5O3S. The van der Waals surface area contributed by atoms with Crippen LogP contribution >= 0.6 is 11.6 Å². The van der Waals surface area contributed by atoms with Gasteiger partial charge < -0.3 is 10.2 Å². The molecule has 8 nitrogen and oxygen atoms in total. The van der Waals surface area contributed by atoms with Gasteiger partial charge in [-0.2, -0.15) is 9.40 Å². The fourth-order valence-corrected chi connectivity index (χ4v) is 5.14. The Morgan fingerprint density at radius 2 is 1.93 bits per heavy atom. The molecule has 1 aliphatic heterocycles. The van der Waals surface area contributed by atoms with Crippen LogP contribution in [0.15, 0.2) is 29.4 Å². The fourth-order valence-electron chi connectivity index (χ4n) is 3.43. The number of aryl methyl sites for hydroxylation is 2. The van der Waals surface area contributed by atoms with Gasteiger partial charge in [-0.15, -0.1) is 0 Å². The third kappa shape index (κ3) is 4.63. The van der Waals surface area contributed by atoms with E-state index in [1.54, 1.807) is 7.05 Å². The van der Waals surface area contributed by atoms with Gasteiger partial charge in [0.1, 0.15) is 0 Å². The molecule has 1 atom stereocenters. The summed E-state index contributed by atoms with van der Waals surface area (Å²) in [4.78, 5) is 14.7. The van der Waals surface area contributed by atoms with E-state index in [2.05, 4.69) is 15.3 Å². The van der Waals surface area contributed by atoms with Crippen LogP contribution in [0.1, 0.15) is 36.2 Å². The van der Waals surface area contributed by atoms with Gasteiger partial charge >= 0.3 is 0 Å². The molecule has 10 heteroatoms. The Kier molecular flexibility index (Phi) is 6.74.